The number of carbonyl (C=O) groups excluding carboxylic acids is 1. The molecule has 2 atom stereocenters. The maximum Gasteiger partial charge on any atom is 0.305 e. The molecule has 0 aliphatic carbocycles. The number of carboxylic acids is 1. The van der Waals surface area contributed by atoms with Crippen molar-refractivity contribution < 1.29 is 14.7 Å². The minimum atomic E-state index is -0.909. The molecule has 14 heavy (non-hydrogen) atoms. The molecule has 0 saturated heterocycles. The average molecular weight is 202 g/mol. The Morgan fingerprint density at radius 2 is 1.93 bits per heavy atom. The van der Waals surface area contributed by atoms with E-state index in [1.165, 1.54) is 4.90 Å². The molecule has 0 aromatic heterocycles. The normalized spacial score (nSPS) is 14.6. The minimum absolute atomic E-state index is 0.0493. The van der Waals surface area contributed by atoms with Gasteiger partial charge in [-0.1, -0.05) is 0 Å². The van der Waals surface area contributed by atoms with Crippen LogP contribution in [0.1, 0.15) is 27.2 Å². The predicted octanol–water partition coefficient (Wildman–Crippen LogP) is 0.0453. The standard InChI is InChI=1S/C9H18N2O3/c1-4-11(9(14)7(3)10)6(2)5-8(12)13/h6-7H,4-5,10H2,1-3H3,(H,12,13). The van der Waals surface area contributed by atoms with Gasteiger partial charge in [0.2, 0.25) is 5.91 Å². The molecule has 2 unspecified atom stereocenters. The zero-order chi connectivity index (χ0) is 11.3. The van der Waals surface area contributed by atoms with Crippen LogP contribution in [0.2, 0.25) is 0 Å². The van der Waals surface area contributed by atoms with E-state index in [2.05, 4.69) is 0 Å². The van der Waals surface area contributed by atoms with Gasteiger partial charge in [-0.3, -0.25) is 9.59 Å². The lowest BCUT2D eigenvalue weighted by atomic mass is 10.1. The summed E-state index contributed by atoms with van der Waals surface area (Å²) < 4.78 is 0. The van der Waals surface area contributed by atoms with E-state index in [1.807, 2.05) is 0 Å². The number of rotatable bonds is 5. The van der Waals surface area contributed by atoms with Gasteiger partial charge in [0.1, 0.15) is 0 Å². The molecule has 0 aromatic rings. The number of aliphatic carboxylic acids is 1. The minimum Gasteiger partial charge on any atom is -0.481 e. The largest absolute Gasteiger partial charge is 0.481 e. The summed E-state index contributed by atoms with van der Waals surface area (Å²) >= 11 is 0. The zero-order valence-electron chi connectivity index (χ0n) is 8.86. The molecule has 0 aliphatic rings. The summed E-state index contributed by atoms with van der Waals surface area (Å²) in [5.41, 5.74) is 5.44. The second-order valence-electron chi connectivity index (χ2n) is 3.36. The lowest BCUT2D eigenvalue weighted by Gasteiger charge is -2.28. The number of nitrogens with two attached hydrogens (primary N) is 1. The predicted molar refractivity (Wildman–Crippen MR) is 52.8 cm³/mol. The fourth-order valence-corrected chi connectivity index (χ4v) is 1.31. The van der Waals surface area contributed by atoms with Crippen molar-refractivity contribution >= 4 is 11.9 Å². The van der Waals surface area contributed by atoms with Crippen molar-refractivity contribution in [2.75, 3.05) is 6.54 Å². The molecule has 1 amide bonds. The van der Waals surface area contributed by atoms with Gasteiger partial charge in [0.25, 0.3) is 0 Å². The second-order valence-corrected chi connectivity index (χ2v) is 3.36. The molecule has 0 rings (SSSR count). The third-order valence-corrected chi connectivity index (χ3v) is 2.02. The first-order valence-electron chi connectivity index (χ1n) is 4.68. The molecule has 3 N–H and O–H groups in total. The summed E-state index contributed by atoms with van der Waals surface area (Å²) in [5.74, 6) is -1.12. The van der Waals surface area contributed by atoms with Crippen molar-refractivity contribution in [2.45, 2.75) is 39.3 Å². The smallest absolute Gasteiger partial charge is 0.305 e. The lowest BCUT2D eigenvalue weighted by molar-refractivity contribution is -0.140. The molecule has 82 valence electrons. The van der Waals surface area contributed by atoms with E-state index < -0.39 is 12.0 Å². The Kier molecular flexibility index (Phi) is 5.15. The molecular weight excluding hydrogens is 184 g/mol. The van der Waals surface area contributed by atoms with E-state index >= 15 is 0 Å². The molecule has 0 aliphatic heterocycles. The summed E-state index contributed by atoms with van der Waals surface area (Å²) in [4.78, 5) is 23.4. The molecule has 0 bridgehead atoms. The lowest BCUT2D eigenvalue weighted by Crippen LogP contribution is -2.47. The molecule has 0 spiro atoms. The Hall–Kier alpha value is -1.10. The van der Waals surface area contributed by atoms with E-state index in [4.69, 9.17) is 10.8 Å². The highest BCUT2D eigenvalue weighted by molar-refractivity contribution is 5.82. The van der Waals surface area contributed by atoms with Gasteiger partial charge in [-0.15, -0.1) is 0 Å². The highest BCUT2D eigenvalue weighted by atomic mass is 16.4. The van der Waals surface area contributed by atoms with Gasteiger partial charge in [0.15, 0.2) is 0 Å². The van der Waals surface area contributed by atoms with Crippen LogP contribution in [0, 0.1) is 0 Å². The highest BCUT2D eigenvalue weighted by Gasteiger charge is 2.22. The first-order chi connectivity index (χ1) is 6.40. The molecule has 5 nitrogen and oxygen atoms in total. The molecular formula is C9H18N2O3. The van der Waals surface area contributed by atoms with Crippen molar-refractivity contribution in [2.24, 2.45) is 5.73 Å². The van der Waals surface area contributed by atoms with Gasteiger partial charge in [-0.2, -0.15) is 0 Å². The molecule has 0 heterocycles. The summed E-state index contributed by atoms with van der Waals surface area (Å²) in [7, 11) is 0. The van der Waals surface area contributed by atoms with Crippen LogP contribution in [0.5, 0.6) is 0 Å². The van der Waals surface area contributed by atoms with Crippen LogP contribution in [0.25, 0.3) is 0 Å². The van der Waals surface area contributed by atoms with Gasteiger partial charge >= 0.3 is 5.97 Å². The van der Waals surface area contributed by atoms with Crippen molar-refractivity contribution in [3.63, 3.8) is 0 Å². The number of likely N-dealkylation sites (N-methyl/N-ethyl adjacent to an activating group) is 1. The van der Waals surface area contributed by atoms with Gasteiger partial charge in [0, 0.05) is 12.6 Å². The Morgan fingerprint density at radius 1 is 1.43 bits per heavy atom. The number of carboxylic acid groups (broad SMARTS) is 1. The summed E-state index contributed by atoms with van der Waals surface area (Å²) in [5, 5.41) is 8.58. The topological polar surface area (TPSA) is 83.6 Å². The fraction of sp³-hybridized carbons (Fsp3) is 0.778. The van der Waals surface area contributed by atoms with Gasteiger partial charge in [-0.25, -0.2) is 0 Å². The maximum atomic E-state index is 11.5. The molecule has 0 saturated carbocycles. The van der Waals surface area contributed by atoms with E-state index in [0.29, 0.717) is 6.54 Å². The van der Waals surface area contributed by atoms with Gasteiger partial charge in [-0.05, 0) is 20.8 Å². The number of hydrogen-bond acceptors (Lipinski definition) is 3. The average Bonchev–Trinajstić information content (AvgIpc) is 2.03. The number of carbonyl (C=O) groups is 2. The maximum absolute atomic E-state index is 11.5. The molecule has 5 heteroatoms. The van der Waals surface area contributed by atoms with Crippen LogP contribution in [-0.2, 0) is 9.59 Å². The van der Waals surface area contributed by atoms with E-state index in [0.717, 1.165) is 0 Å². The van der Waals surface area contributed by atoms with Crippen LogP contribution in [-0.4, -0.2) is 40.5 Å². The first-order valence-corrected chi connectivity index (χ1v) is 4.68. The van der Waals surface area contributed by atoms with Crippen molar-refractivity contribution in [3.8, 4) is 0 Å². The number of amides is 1. The summed E-state index contributed by atoms with van der Waals surface area (Å²) in [6.45, 7) is 5.59. The second kappa shape index (κ2) is 5.59. The SMILES string of the molecule is CCN(C(=O)C(C)N)C(C)CC(=O)O. The van der Waals surface area contributed by atoms with Gasteiger partial charge < -0.3 is 15.7 Å². The Morgan fingerprint density at radius 3 is 2.21 bits per heavy atom. The van der Waals surface area contributed by atoms with Crippen LogP contribution in [0.4, 0.5) is 0 Å². The zero-order valence-corrected chi connectivity index (χ0v) is 8.86. The Bertz CT molecular complexity index is 216. The van der Waals surface area contributed by atoms with Crippen LogP contribution >= 0.6 is 0 Å². The van der Waals surface area contributed by atoms with Crippen molar-refractivity contribution in [3.05, 3.63) is 0 Å². The Balaban J connectivity index is 4.39. The summed E-state index contributed by atoms with van der Waals surface area (Å²) in [6, 6.07) is -0.887. The van der Waals surface area contributed by atoms with Gasteiger partial charge in [0.05, 0.1) is 12.5 Å². The third-order valence-electron chi connectivity index (χ3n) is 2.02. The van der Waals surface area contributed by atoms with Crippen molar-refractivity contribution in [1.29, 1.82) is 0 Å². The molecule has 0 fully saturated rings. The molecule has 0 aromatic carbocycles. The van der Waals surface area contributed by atoms with Crippen LogP contribution in [0.3, 0.4) is 0 Å². The van der Waals surface area contributed by atoms with E-state index in [9.17, 15) is 9.59 Å². The van der Waals surface area contributed by atoms with Crippen LogP contribution < -0.4 is 5.73 Å². The molecule has 0 radical (unpaired) electrons. The first kappa shape index (κ1) is 12.9. The highest BCUT2D eigenvalue weighted by Crippen LogP contribution is 2.05. The fourth-order valence-electron chi connectivity index (χ4n) is 1.31. The van der Waals surface area contributed by atoms with Crippen LogP contribution in [0.15, 0.2) is 0 Å². The number of nitrogens with zero attached hydrogens (tertiary/aromatic N) is 1. The van der Waals surface area contributed by atoms with Crippen molar-refractivity contribution in [1.82, 2.24) is 4.90 Å². The van der Waals surface area contributed by atoms with E-state index in [1.54, 1.807) is 20.8 Å². The quantitative estimate of drug-likeness (QED) is 0.659. The Labute approximate surface area is 83.9 Å². The summed E-state index contributed by atoms with van der Waals surface area (Å²) in [6.07, 6.45) is -0.0493. The van der Waals surface area contributed by atoms with E-state index in [-0.39, 0.29) is 18.4 Å². The number of hydrogen-bond donors (Lipinski definition) is 2. The third kappa shape index (κ3) is 3.74. The monoisotopic (exact) mass is 202 g/mol.